The third kappa shape index (κ3) is 27.6. The smallest absolute Gasteiger partial charge is 0.251 e. The molecule has 0 aromatic carbocycles. The minimum absolute atomic E-state index is 0. The second kappa shape index (κ2) is 35.7. The van der Waals surface area contributed by atoms with Crippen molar-refractivity contribution in [1.29, 1.82) is 0 Å². The van der Waals surface area contributed by atoms with Crippen LogP contribution in [0.4, 0.5) is 0 Å². The minimum Gasteiger partial charge on any atom is -0.660 e. The molecule has 1 atom stereocenters. The Hall–Kier alpha value is -0.332. The van der Waals surface area contributed by atoms with Gasteiger partial charge >= 0.3 is 0 Å². The Labute approximate surface area is 257 Å². The molecule has 0 radical (unpaired) electrons. The van der Waals surface area contributed by atoms with Crippen LogP contribution in [0.2, 0.25) is 0 Å². The summed E-state index contributed by atoms with van der Waals surface area (Å²) in [6, 6.07) is 0. The Bertz CT molecular complexity index is 565. The number of aliphatic hydroxyl groups is 2. The van der Waals surface area contributed by atoms with Gasteiger partial charge in [0.2, 0.25) is 7.58 Å². The number of terminal acetylenes is 1. The predicted molar refractivity (Wildman–Crippen MR) is 162 cm³/mol. The molecule has 0 aromatic rings. The van der Waals surface area contributed by atoms with E-state index in [0.29, 0.717) is 19.1 Å². The number of carbonyl (C=O) groups is 2. The zero-order valence-electron chi connectivity index (χ0n) is 24.6. The fourth-order valence-electron chi connectivity index (χ4n) is 3.41. The van der Waals surface area contributed by atoms with E-state index in [4.69, 9.17) is 25.0 Å². The average Bonchev–Trinajstić information content (AvgIpc) is 3.46. The first-order valence-corrected chi connectivity index (χ1v) is 16.3. The number of nitrogens with two attached hydrogens (primary N) is 1. The summed E-state index contributed by atoms with van der Waals surface area (Å²) in [6.07, 6.45) is 22.4. The molecule has 0 unspecified atom stereocenters. The Kier molecular flexibility index (Phi) is 41.8. The molecule has 3 rings (SSSR count). The van der Waals surface area contributed by atoms with Gasteiger partial charge in [0.05, 0.1) is 0 Å². The number of hydrogen-bond acceptors (Lipinski definition) is 8. The third-order valence-corrected chi connectivity index (χ3v) is 8.17. The van der Waals surface area contributed by atoms with Gasteiger partial charge in [-0.2, -0.15) is 0 Å². The molecule has 1 saturated heterocycles. The van der Waals surface area contributed by atoms with Crippen molar-refractivity contribution in [2.45, 2.75) is 71.3 Å². The van der Waals surface area contributed by atoms with Gasteiger partial charge in [-0.05, 0) is 70.1 Å². The van der Waals surface area contributed by atoms with Gasteiger partial charge in [-0.25, -0.2) is 0 Å². The molecule has 0 spiro atoms. The molecule has 230 valence electrons. The van der Waals surface area contributed by atoms with Crippen molar-refractivity contribution in [3.8, 4) is 12.8 Å². The molecule has 1 saturated carbocycles. The van der Waals surface area contributed by atoms with Crippen molar-refractivity contribution in [3.05, 3.63) is 17.6 Å². The van der Waals surface area contributed by atoms with Crippen LogP contribution in [0.15, 0.2) is 12.3 Å². The Morgan fingerprint density at radius 2 is 1.74 bits per heavy atom. The summed E-state index contributed by atoms with van der Waals surface area (Å²) in [4.78, 5) is 23.3. The molecule has 39 heavy (non-hydrogen) atoms. The van der Waals surface area contributed by atoms with Crippen molar-refractivity contribution in [2.24, 2.45) is 17.6 Å². The summed E-state index contributed by atoms with van der Waals surface area (Å²) in [5, 5.41) is 20.8. The first kappa shape index (κ1) is 45.7. The molecule has 9 nitrogen and oxygen atoms in total. The summed E-state index contributed by atoms with van der Waals surface area (Å²) >= 11 is 1.59. The topological polar surface area (TPSA) is 136 Å². The molecule has 2 heterocycles. The first-order valence-electron chi connectivity index (χ1n) is 13.3. The van der Waals surface area contributed by atoms with E-state index >= 15 is 0 Å². The van der Waals surface area contributed by atoms with Gasteiger partial charge in [-0.1, -0.05) is 25.2 Å². The normalized spacial score (nSPS) is 20.3. The number of hydrogen-bond donors (Lipinski definition) is 3. The largest absolute Gasteiger partial charge is 0.660 e. The molecule has 12 heteroatoms. The second-order valence-electron chi connectivity index (χ2n) is 8.14. The minimum atomic E-state index is -0.637. The summed E-state index contributed by atoms with van der Waals surface area (Å²) in [7, 11) is 2.65. The van der Waals surface area contributed by atoms with E-state index in [1.54, 1.807) is 36.6 Å². The monoisotopic (exact) mass is 762 g/mol. The van der Waals surface area contributed by atoms with Crippen LogP contribution in [0.1, 0.15) is 65.2 Å². The van der Waals surface area contributed by atoms with Crippen molar-refractivity contribution in [1.82, 2.24) is 4.90 Å². The fourth-order valence-corrected chi connectivity index (χ4v) is 4.75. The van der Waals surface area contributed by atoms with E-state index in [0.717, 1.165) is 77.3 Å². The SMILES string of the molecule is C#C.CC.COP(OC)SC.NCCCCCO.O=CC1CCC(CN2C=CC2=O)CC1.O[C@H]1CC[N-]C1.[W]. The number of amides is 1. The standard InChI is InChI=1S/C11H15NO2.C5H13NO.C4H8NO.C3H9O2PS.C2H6.C2H2.W/c13-8-10-3-1-9(2-4-10)7-12-6-5-11(12)14;6-4-2-1-3-5-7;6-4-1-2-5-3-4;1-4-6(5-2)7-3;2*1-2;/h5-6,8-10H,1-4,7H2;7H,1-6H2;4,6H,1-3H2;1-3H3;1-2H3;1-2H;/q;;-1;;;;/t;;4-;;;;/m..0..../s1. The summed E-state index contributed by atoms with van der Waals surface area (Å²) in [5.41, 5.74) is 5.19. The van der Waals surface area contributed by atoms with E-state index < -0.39 is 7.58 Å². The van der Waals surface area contributed by atoms with Crippen molar-refractivity contribution < 1.29 is 49.9 Å². The summed E-state index contributed by atoms with van der Waals surface area (Å²) in [5.74, 6) is 0.997. The first-order chi connectivity index (χ1) is 18.4. The Morgan fingerprint density at radius 3 is 2.00 bits per heavy atom. The van der Waals surface area contributed by atoms with Crippen LogP contribution in [-0.4, -0.2) is 86.7 Å². The summed E-state index contributed by atoms with van der Waals surface area (Å²) < 4.78 is 9.71. The predicted octanol–water partition coefficient (Wildman–Crippen LogP) is 4.72. The zero-order valence-corrected chi connectivity index (χ0v) is 29.2. The van der Waals surface area contributed by atoms with E-state index in [1.807, 2.05) is 26.3 Å². The van der Waals surface area contributed by atoms with Crippen LogP contribution in [0.25, 0.3) is 5.32 Å². The van der Waals surface area contributed by atoms with Crippen molar-refractivity contribution in [3.63, 3.8) is 0 Å². The maximum Gasteiger partial charge on any atom is 0.251 e. The molecule has 4 N–H and O–H groups in total. The summed E-state index contributed by atoms with van der Waals surface area (Å²) in [6.45, 7) is 7.43. The van der Waals surface area contributed by atoms with Gasteiger partial charge < -0.3 is 40.0 Å². The molecule has 0 aromatic heterocycles. The molecule has 1 amide bonds. The van der Waals surface area contributed by atoms with Gasteiger partial charge in [0.15, 0.2) is 0 Å². The maximum atomic E-state index is 11.0. The van der Waals surface area contributed by atoms with Gasteiger partial charge in [0.25, 0.3) is 5.91 Å². The van der Waals surface area contributed by atoms with Gasteiger partial charge in [0, 0.05) is 72.7 Å². The molecule has 1 aliphatic carbocycles. The molecule has 2 fully saturated rings. The zero-order chi connectivity index (χ0) is 29.6. The number of rotatable bonds is 10. The van der Waals surface area contributed by atoms with E-state index in [1.165, 1.54) is 0 Å². The molecule has 0 bridgehead atoms. The fraction of sp³-hybridized carbons (Fsp3) is 0.778. The van der Waals surface area contributed by atoms with Crippen LogP contribution in [0, 0.1) is 24.7 Å². The second-order valence-corrected chi connectivity index (χ2v) is 11.7. The third-order valence-electron chi connectivity index (χ3n) is 5.49. The molecule has 2 aliphatic heterocycles. The van der Waals surface area contributed by atoms with E-state index in [9.17, 15) is 9.59 Å². The van der Waals surface area contributed by atoms with Crippen molar-refractivity contribution in [2.75, 3.05) is 53.3 Å². The Balaban J connectivity index is -0.000000212. The van der Waals surface area contributed by atoms with Crippen LogP contribution < -0.4 is 5.73 Å². The van der Waals surface area contributed by atoms with Crippen LogP contribution >= 0.6 is 19.0 Å². The number of aliphatic hydroxyl groups excluding tert-OH is 2. The average molecular weight is 763 g/mol. The molecular weight excluding hydrogens is 709 g/mol. The number of carbonyl (C=O) groups excluding carboxylic acids is 2. The maximum absolute atomic E-state index is 11.0. The Morgan fingerprint density at radius 1 is 1.15 bits per heavy atom. The molecular formula is C27H53N3O6PSW-. The van der Waals surface area contributed by atoms with Gasteiger partial charge in [0.1, 0.15) is 6.29 Å². The number of aldehydes is 1. The van der Waals surface area contributed by atoms with Gasteiger partial charge in [-0.15, -0.1) is 25.9 Å². The van der Waals surface area contributed by atoms with Crippen LogP contribution in [-0.2, 0) is 39.7 Å². The van der Waals surface area contributed by atoms with Crippen molar-refractivity contribution >= 4 is 31.2 Å². The van der Waals surface area contributed by atoms with Crippen LogP contribution in [0.3, 0.4) is 0 Å². The van der Waals surface area contributed by atoms with E-state index in [-0.39, 0.29) is 39.0 Å². The number of nitrogens with zero attached hydrogens (tertiary/aromatic N) is 2. The molecule has 3 aliphatic rings. The van der Waals surface area contributed by atoms with Crippen LogP contribution in [0.5, 0.6) is 0 Å². The number of unbranched alkanes of at least 4 members (excludes halogenated alkanes) is 2. The quantitative estimate of drug-likeness (QED) is 0.126. The van der Waals surface area contributed by atoms with E-state index in [2.05, 4.69) is 18.2 Å². The van der Waals surface area contributed by atoms with Gasteiger partial charge in [-0.3, -0.25) is 4.79 Å².